The molecule has 120 valence electrons. The molecule has 0 saturated carbocycles. The maximum atomic E-state index is 13.3. The van der Waals surface area contributed by atoms with E-state index in [-0.39, 0.29) is 5.82 Å². The van der Waals surface area contributed by atoms with Gasteiger partial charge in [-0.25, -0.2) is 9.37 Å². The molecular weight excluding hydrogens is 317 g/mol. The average Bonchev–Trinajstić information content (AvgIpc) is 3.04. The van der Waals surface area contributed by atoms with Gasteiger partial charge in [-0.1, -0.05) is 11.2 Å². The highest BCUT2D eigenvalue weighted by Crippen LogP contribution is 2.27. The SMILES string of the molecule is Cc1ccc(/C(=N/O)N2CCSC2)c(Oc2cccc(F)c2)n1. The molecule has 23 heavy (non-hydrogen) atoms. The molecule has 1 aliphatic rings. The molecular formula is C16H16FN3O2S. The fourth-order valence-corrected chi connectivity index (χ4v) is 3.24. The van der Waals surface area contributed by atoms with Gasteiger partial charge in [0.15, 0.2) is 5.84 Å². The topological polar surface area (TPSA) is 58.0 Å². The Morgan fingerprint density at radius 1 is 1.39 bits per heavy atom. The van der Waals surface area contributed by atoms with E-state index in [9.17, 15) is 9.60 Å². The van der Waals surface area contributed by atoms with E-state index in [0.29, 0.717) is 23.0 Å². The third-order valence-electron chi connectivity index (χ3n) is 3.40. The van der Waals surface area contributed by atoms with Crippen LogP contribution in [0.5, 0.6) is 11.6 Å². The number of pyridine rings is 1. The highest BCUT2D eigenvalue weighted by Gasteiger charge is 2.23. The first-order valence-electron chi connectivity index (χ1n) is 7.13. The number of benzene rings is 1. The van der Waals surface area contributed by atoms with Crippen molar-refractivity contribution in [3.63, 3.8) is 0 Å². The van der Waals surface area contributed by atoms with Crippen LogP contribution in [0.25, 0.3) is 0 Å². The van der Waals surface area contributed by atoms with Crippen molar-refractivity contribution in [1.82, 2.24) is 9.88 Å². The quantitative estimate of drug-likeness (QED) is 0.403. The van der Waals surface area contributed by atoms with Gasteiger partial charge in [0.05, 0.1) is 11.4 Å². The largest absolute Gasteiger partial charge is 0.438 e. The van der Waals surface area contributed by atoms with Crippen LogP contribution in [-0.4, -0.2) is 39.1 Å². The average molecular weight is 333 g/mol. The number of aryl methyl sites for hydroxylation is 1. The zero-order chi connectivity index (χ0) is 16.2. The van der Waals surface area contributed by atoms with Crippen LogP contribution in [0, 0.1) is 12.7 Å². The lowest BCUT2D eigenvalue weighted by molar-refractivity contribution is 0.307. The predicted molar refractivity (Wildman–Crippen MR) is 87.8 cm³/mol. The third-order valence-corrected chi connectivity index (χ3v) is 4.36. The molecule has 0 amide bonds. The second-order valence-corrected chi connectivity index (χ2v) is 6.16. The lowest BCUT2D eigenvalue weighted by Crippen LogP contribution is -2.29. The molecule has 1 fully saturated rings. The summed E-state index contributed by atoms with van der Waals surface area (Å²) in [6.45, 7) is 2.63. The van der Waals surface area contributed by atoms with Gasteiger partial charge in [0.2, 0.25) is 5.88 Å². The number of aromatic nitrogens is 1. The van der Waals surface area contributed by atoms with E-state index in [2.05, 4.69) is 10.1 Å². The maximum absolute atomic E-state index is 13.3. The zero-order valence-electron chi connectivity index (χ0n) is 12.6. The van der Waals surface area contributed by atoms with E-state index in [1.54, 1.807) is 30.0 Å². The Kier molecular flexibility index (Phi) is 4.66. The number of halogens is 1. The second kappa shape index (κ2) is 6.87. The molecule has 1 aromatic heterocycles. The Hall–Kier alpha value is -2.28. The van der Waals surface area contributed by atoms with E-state index >= 15 is 0 Å². The summed E-state index contributed by atoms with van der Waals surface area (Å²) in [6.07, 6.45) is 0. The van der Waals surface area contributed by atoms with E-state index < -0.39 is 0 Å². The Morgan fingerprint density at radius 3 is 2.96 bits per heavy atom. The molecule has 1 aliphatic heterocycles. The van der Waals surface area contributed by atoms with E-state index in [0.717, 1.165) is 23.9 Å². The van der Waals surface area contributed by atoms with Gasteiger partial charge in [-0.3, -0.25) is 0 Å². The molecule has 0 spiro atoms. The van der Waals surface area contributed by atoms with Crippen molar-refractivity contribution in [3.8, 4) is 11.6 Å². The molecule has 3 rings (SSSR count). The number of thioether (sulfide) groups is 1. The molecule has 5 nitrogen and oxygen atoms in total. The Balaban J connectivity index is 1.97. The van der Waals surface area contributed by atoms with Crippen molar-refractivity contribution in [2.75, 3.05) is 18.2 Å². The van der Waals surface area contributed by atoms with E-state index in [1.807, 2.05) is 17.9 Å². The van der Waals surface area contributed by atoms with Crippen molar-refractivity contribution in [3.05, 3.63) is 53.5 Å². The van der Waals surface area contributed by atoms with Crippen LogP contribution >= 0.6 is 11.8 Å². The lowest BCUT2D eigenvalue weighted by Gasteiger charge is -2.19. The van der Waals surface area contributed by atoms with E-state index in [4.69, 9.17) is 4.74 Å². The highest BCUT2D eigenvalue weighted by atomic mass is 32.2. The zero-order valence-corrected chi connectivity index (χ0v) is 13.4. The molecule has 1 N–H and O–H groups in total. The minimum atomic E-state index is -0.385. The number of rotatable bonds is 3. The summed E-state index contributed by atoms with van der Waals surface area (Å²) in [5.74, 6) is 2.38. The molecule has 2 heterocycles. The van der Waals surface area contributed by atoms with Crippen LogP contribution in [0.1, 0.15) is 11.3 Å². The van der Waals surface area contributed by atoms with Gasteiger partial charge in [0, 0.05) is 24.1 Å². The van der Waals surface area contributed by atoms with Crippen LogP contribution in [0.3, 0.4) is 0 Å². The molecule has 0 atom stereocenters. The first-order chi connectivity index (χ1) is 11.2. The summed E-state index contributed by atoms with van der Waals surface area (Å²) in [4.78, 5) is 6.32. The summed E-state index contributed by atoms with van der Waals surface area (Å²) in [5, 5.41) is 12.9. The van der Waals surface area contributed by atoms with Crippen LogP contribution < -0.4 is 4.74 Å². The minimum Gasteiger partial charge on any atom is -0.438 e. The summed E-state index contributed by atoms with van der Waals surface area (Å²) < 4.78 is 19.1. The number of amidine groups is 1. The minimum absolute atomic E-state index is 0.292. The van der Waals surface area contributed by atoms with Crippen molar-refractivity contribution in [1.29, 1.82) is 0 Å². The van der Waals surface area contributed by atoms with Gasteiger partial charge < -0.3 is 14.8 Å². The highest BCUT2D eigenvalue weighted by molar-refractivity contribution is 7.99. The van der Waals surface area contributed by atoms with Crippen LogP contribution in [0.15, 0.2) is 41.6 Å². The predicted octanol–water partition coefficient (Wildman–Crippen LogP) is 3.46. The maximum Gasteiger partial charge on any atom is 0.230 e. The molecule has 0 radical (unpaired) electrons. The molecule has 1 saturated heterocycles. The molecule has 0 aliphatic carbocycles. The van der Waals surface area contributed by atoms with Crippen molar-refractivity contribution in [2.24, 2.45) is 5.16 Å². The number of nitrogens with zero attached hydrogens (tertiary/aromatic N) is 3. The molecule has 0 unspecified atom stereocenters. The Bertz CT molecular complexity index is 733. The smallest absolute Gasteiger partial charge is 0.230 e. The van der Waals surface area contributed by atoms with Crippen molar-refractivity contribution in [2.45, 2.75) is 6.92 Å². The molecule has 1 aromatic carbocycles. The van der Waals surface area contributed by atoms with Crippen LogP contribution in [-0.2, 0) is 0 Å². The molecule has 7 heteroatoms. The van der Waals surface area contributed by atoms with Gasteiger partial charge in [0.1, 0.15) is 11.6 Å². The number of ether oxygens (including phenoxy) is 1. The first-order valence-corrected chi connectivity index (χ1v) is 8.29. The Morgan fingerprint density at radius 2 is 2.26 bits per heavy atom. The van der Waals surface area contributed by atoms with Gasteiger partial charge in [-0.2, -0.15) is 0 Å². The fraction of sp³-hybridized carbons (Fsp3) is 0.250. The normalized spacial score (nSPS) is 15.0. The van der Waals surface area contributed by atoms with Gasteiger partial charge in [-0.05, 0) is 31.2 Å². The summed E-state index contributed by atoms with van der Waals surface area (Å²) in [6, 6.07) is 9.47. The van der Waals surface area contributed by atoms with Crippen molar-refractivity contribution < 1.29 is 14.3 Å². The fourth-order valence-electron chi connectivity index (χ4n) is 2.29. The van der Waals surface area contributed by atoms with Crippen LogP contribution in [0.2, 0.25) is 0 Å². The monoisotopic (exact) mass is 333 g/mol. The summed E-state index contributed by atoms with van der Waals surface area (Å²) in [5.41, 5.74) is 1.33. The lowest BCUT2D eigenvalue weighted by atomic mass is 10.2. The second-order valence-electron chi connectivity index (χ2n) is 5.09. The summed E-state index contributed by atoms with van der Waals surface area (Å²) in [7, 11) is 0. The summed E-state index contributed by atoms with van der Waals surface area (Å²) >= 11 is 1.76. The number of hydrogen-bond donors (Lipinski definition) is 1. The molecule has 2 aromatic rings. The standard InChI is InChI=1S/C16H16FN3O2S/c1-11-5-6-14(15(19-21)20-7-8-23-10-20)16(18-11)22-13-4-2-3-12(17)9-13/h2-6,9,21H,7-8,10H2,1H3/b19-15-. The van der Waals surface area contributed by atoms with Gasteiger partial charge >= 0.3 is 0 Å². The number of hydrogen-bond acceptors (Lipinski definition) is 5. The van der Waals surface area contributed by atoms with E-state index in [1.165, 1.54) is 12.1 Å². The third kappa shape index (κ3) is 3.56. The Labute approximate surface area is 137 Å². The van der Waals surface area contributed by atoms with Crippen LogP contribution in [0.4, 0.5) is 4.39 Å². The van der Waals surface area contributed by atoms with Gasteiger partial charge in [0.25, 0.3) is 0 Å². The first kappa shape index (κ1) is 15.6. The number of oxime groups is 1. The van der Waals surface area contributed by atoms with Crippen molar-refractivity contribution >= 4 is 17.6 Å². The van der Waals surface area contributed by atoms with Gasteiger partial charge in [-0.15, -0.1) is 11.8 Å². The molecule has 0 bridgehead atoms.